The van der Waals surface area contributed by atoms with Gasteiger partial charge in [0.05, 0.1) is 17.5 Å². The van der Waals surface area contributed by atoms with Crippen LogP contribution in [0.1, 0.15) is 10.4 Å². The second kappa shape index (κ2) is 5.98. The normalized spacial score (nSPS) is 10.8. The second-order valence-corrected chi connectivity index (χ2v) is 5.63. The average Bonchev–Trinajstić information content (AvgIpc) is 2.57. The molecule has 0 aliphatic carbocycles. The van der Waals surface area contributed by atoms with Crippen molar-refractivity contribution >= 4 is 28.3 Å². The molecule has 0 fully saturated rings. The molecule has 0 unspecified atom stereocenters. The highest BCUT2D eigenvalue weighted by atomic mass is 35.5. The van der Waals surface area contributed by atoms with Gasteiger partial charge in [-0.15, -0.1) is 0 Å². The first-order chi connectivity index (χ1) is 11.4. The van der Waals surface area contributed by atoms with Crippen molar-refractivity contribution in [2.75, 3.05) is 7.11 Å². The molecule has 0 atom stereocenters. The molecule has 0 aliphatic rings. The predicted molar refractivity (Wildman–Crippen MR) is 90.9 cm³/mol. The van der Waals surface area contributed by atoms with Crippen LogP contribution in [0, 0.1) is 0 Å². The summed E-state index contributed by atoms with van der Waals surface area (Å²) in [5.74, 6) is -1.01. The molecular formula is C17H13ClN2O4. The van der Waals surface area contributed by atoms with Crippen LogP contribution in [0.2, 0.25) is 5.02 Å². The number of nitrogens with zero attached hydrogens (tertiary/aromatic N) is 2. The van der Waals surface area contributed by atoms with Gasteiger partial charge in [0.1, 0.15) is 11.3 Å². The molecule has 6 nitrogen and oxygen atoms in total. The molecule has 0 saturated heterocycles. The highest BCUT2D eigenvalue weighted by Crippen LogP contribution is 2.35. The highest BCUT2D eigenvalue weighted by molar-refractivity contribution is 6.34. The minimum absolute atomic E-state index is 0.0629. The molecule has 1 aromatic carbocycles. The number of rotatable bonds is 3. The van der Waals surface area contributed by atoms with Crippen molar-refractivity contribution in [1.82, 2.24) is 9.55 Å². The fourth-order valence-electron chi connectivity index (χ4n) is 2.65. The molecule has 3 aromatic rings. The molecular weight excluding hydrogens is 332 g/mol. The first-order valence-corrected chi connectivity index (χ1v) is 7.36. The summed E-state index contributed by atoms with van der Waals surface area (Å²) in [6.07, 6.45) is 4.78. The van der Waals surface area contributed by atoms with Gasteiger partial charge in [-0.3, -0.25) is 9.78 Å². The Balaban J connectivity index is 2.37. The largest absolute Gasteiger partial charge is 0.496 e. The van der Waals surface area contributed by atoms with E-state index in [-0.39, 0.29) is 21.9 Å². The lowest BCUT2D eigenvalue weighted by Crippen LogP contribution is -2.16. The van der Waals surface area contributed by atoms with Gasteiger partial charge in [-0.1, -0.05) is 11.6 Å². The minimum atomic E-state index is -1.17. The first kappa shape index (κ1) is 16.0. The Kier molecular flexibility index (Phi) is 3.99. The fraction of sp³-hybridized carbons (Fsp3) is 0.118. The van der Waals surface area contributed by atoms with Crippen molar-refractivity contribution in [3.8, 4) is 16.9 Å². The number of aromatic nitrogens is 2. The zero-order chi connectivity index (χ0) is 17.4. The smallest absolute Gasteiger partial charge is 0.341 e. The number of ether oxygens (including phenoxy) is 1. The quantitative estimate of drug-likeness (QED) is 0.790. The Hall–Kier alpha value is -2.86. The molecule has 0 amide bonds. The number of pyridine rings is 2. The Morgan fingerprint density at radius 3 is 2.75 bits per heavy atom. The highest BCUT2D eigenvalue weighted by Gasteiger charge is 2.19. The number of methoxy groups -OCH3 is 1. The lowest BCUT2D eigenvalue weighted by Gasteiger charge is -2.13. The maximum atomic E-state index is 12.2. The Bertz CT molecular complexity index is 1030. The number of aryl methyl sites for hydroxylation is 1. The van der Waals surface area contributed by atoms with Gasteiger partial charge < -0.3 is 14.4 Å². The molecule has 2 aromatic heterocycles. The summed E-state index contributed by atoms with van der Waals surface area (Å²) in [4.78, 5) is 27.6. The number of hydrogen-bond acceptors (Lipinski definition) is 4. The van der Waals surface area contributed by atoms with E-state index in [0.29, 0.717) is 16.3 Å². The van der Waals surface area contributed by atoms with Gasteiger partial charge in [-0.25, -0.2) is 4.79 Å². The third-order valence-corrected chi connectivity index (χ3v) is 4.08. The van der Waals surface area contributed by atoms with Crippen LogP contribution in [0.3, 0.4) is 0 Å². The number of benzene rings is 1. The molecule has 7 heteroatoms. The van der Waals surface area contributed by atoms with Crippen molar-refractivity contribution in [3.05, 3.63) is 57.7 Å². The van der Waals surface area contributed by atoms with Crippen LogP contribution in [-0.4, -0.2) is 27.7 Å². The van der Waals surface area contributed by atoms with Crippen molar-refractivity contribution in [2.45, 2.75) is 0 Å². The zero-order valence-electron chi connectivity index (χ0n) is 12.9. The van der Waals surface area contributed by atoms with E-state index in [2.05, 4.69) is 4.98 Å². The van der Waals surface area contributed by atoms with Gasteiger partial charge in [0.15, 0.2) is 0 Å². The second-order valence-electron chi connectivity index (χ2n) is 5.22. The van der Waals surface area contributed by atoms with Crippen LogP contribution >= 0.6 is 11.6 Å². The zero-order valence-corrected chi connectivity index (χ0v) is 13.7. The van der Waals surface area contributed by atoms with Crippen LogP contribution in [0.25, 0.3) is 21.9 Å². The van der Waals surface area contributed by atoms with Crippen molar-refractivity contribution in [3.63, 3.8) is 0 Å². The third kappa shape index (κ3) is 2.51. The number of halogens is 1. The number of hydrogen-bond donors (Lipinski definition) is 1. The molecule has 1 N–H and O–H groups in total. The average molecular weight is 345 g/mol. The van der Waals surface area contributed by atoms with Gasteiger partial charge >= 0.3 is 5.97 Å². The number of carbonyl (C=O) groups is 1. The summed E-state index contributed by atoms with van der Waals surface area (Å²) in [6.45, 7) is 0. The molecule has 0 bridgehead atoms. The van der Waals surface area contributed by atoms with Gasteiger partial charge in [-0.05, 0) is 29.1 Å². The molecule has 0 saturated carbocycles. The summed E-state index contributed by atoms with van der Waals surface area (Å²) >= 11 is 6.14. The maximum Gasteiger partial charge on any atom is 0.341 e. The fourth-order valence-corrected chi connectivity index (χ4v) is 2.94. The van der Waals surface area contributed by atoms with Crippen LogP contribution in [0.5, 0.6) is 5.75 Å². The molecule has 0 radical (unpaired) electrons. The van der Waals surface area contributed by atoms with E-state index in [4.69, 9.17) is 16.3 Å². The lowest BCUT2D eigenvalue weighted by molar-refractivity contribution is 0.0693. The first-order valence-electron chi connectivity index (χ1n) is 6.98. The minimum Gasteiger partial charge on any atom is -0.496 e. The molecule has 24 heavy (non-hydrogen) atoms. The summed E-state index contributed by atoms with van der Waals surface area (Å²) in [5.41, 5.74) is 1.11. The van der Waals surface area contributed by atoms with Gasteiger partial charge in [-0.2, -0.15) is 0 Å². The molecule has 2 heterocycles. The molecule has 0 aliphatic heterocycles. The molecule has 122 valence electrons. The van der Waals surface area contributed by atoms with Crippen LogP contribution in [0.15, 0.2) is 41.6 Å². The van der Waals surface area contributed by atoms with E-state index in [1.807, 2.05) is 0 Å². The topological polar surface area (TPSA) is 81.4 Å². The lowest BCUT2D eigenvalue weighted by atomic mass is 10.00. The molecule has 3 rings (SSSR count). The summed E-state index contributed by atoms with van der Waals surface area (Å²) < 4.78 is 6.62. The van der Waals surface area contributed by atoms with Gasteiger partial charge in [0.25, 0.3) is 5.56 Å². The maximum absolute atomic E-state index is 12.2. The van der Waals surface area contributed by atoms with Crippen molar-refractivity contribution < 1.29 is 14.6 Å². The monoisotopic (exact) mass is 344 g/mol. The third-order valence-electron chi connectivity index (χ3n) is 3.78. The van der Waals surface area contributed by atoms with Gasteiger partial charge in [0.2, 0.25) is 0 Å². The van der Waals surface area contributed by atoms with Crippen LogP contribution < -0.4 is 10.3 Å². The number of carboxylic acid groups (broad SMARTS) is 1. The Morgan fingerprint density at radius 2 is 2.08 bits per heavy atom. The summed E-state index contributed by atoms with van der Waals surface area (Å²) in [7, 11) is 3.02. The van der Waals surface area contributed by atoms with E-state index >= 15 is 0 Å². The van der Waals surface area contributed by atoms with E-state index in [0.717, 1.165) is 5.56 Å². The SMILES string of the molecule is COc1cc(-c2cn(C)c(=O)c3cnccc23)cc(Cl)c1C(=O)O. The van der Waals surface area contributed by atoms with Crippen molar-refractivity contribution in [2.24, 2.45) is 7.05 Å². The standard InChI is InChI=1S/C17H13ClN2O4/c1-20-8-12(10-3-4-19-7-11(10)16(20)21)9-5-13(18)15(17(22)23)14(6-9)24-2/h3-8H,1-2H3,(H,22,23). The van der Waals surface area contributed by atoms with Gasteiger partial charge in [0, 0.05) is 31.2 Å². The number of aromatic carboxylic acids is 1. The van der Waals surface area contributed by atoms with Crippen molar-refractivity contribution in [1.29, 1.82) is 0 Å². The van der Waals surface area contributed by atoms with E-state index < -0.39 is 5.97 Å². The summed E-state index contributed by atoms with van der Waals surface area (Å²) in [6, 6.07) is 4.87. The Labute approximate surface area is 141 Å². The van der Waals surface area contributed by atoms with Crippen LogP contribution in [-0.2, 0) is 7.05 Å². The van der Waals surface area contributed by atoms with E-state index in [9.17, 15) is 14.7 Å². The van der Waals surface area contributed by atoms with E-state index in [1.165, 1.54) is 17.9 Å². The van der Waals surface area contributed by atoms with E-state index in [1.54, 1.807) is 37.6 Å². The number of fused-ring (bicyclic) bond motifs is 1. The van der Waals surface area contributed by atoms with Crippen LogP contribution in [0.4, 0.5) is 0 Å². The summed E-state index contributed by atoms with van der Waals surface area (Å²) in [5, 5.41) is 10.5. The Morgan fingerprint density at radius 1 is 1.33 bits per heavy atom. The molecule has 0 spiro atoms. The number of carboxylic acids is 1. The predicted octanol–water partition coefficient (Wildman–Crippen LogP) is 2.96.